The summed E-state index contributed by atoms with van der Waals surface area (Å²) in [6.45, 7) is 7.21. The maximum Gasteiger partial charge on any atom is 0.310 e. The Kier molecular flexibility index (Phi) is 8.23. The van der Waals surface area contributed by atoms with Gasteiger partial charge >= 0.3 is 5.97 Å². The number of hydrogen-bond acceptors (Lipinski definition) is 4. The first-order valence-corrected chi connectivity index (χ1v) is 9.47. The molecule has 2 rings (SSSR count). The van der Waals surface area contributed by atoms with Crippen molar-refractivity contribution in [3.05, 3.63) is 58.1 Å². The molecule has 0 bridgehead atoms. The fourth-order valence-corrected chi connectivity index (χ4v) is 3.08. The number of halogens is 2. The van der Waals surface area contributed by atoms with Crippen molar-refractivity contribution in [1.82, 2.24) is 4.90 Å². The second-order valence-electron chi connectivity index (χ2n) is 5.80. The summed E-state index contributed by atoms with van der Waals surface area (Å²) in [5.41, 5.74) is 2.23. The molecule has 0 radical (unpaired) electrons. The van der Waals surface area contributed by atoms with Crippen LogP contribution in [0.4, 0.5) is 11.4 Å². The normalized spacial score (nSPS) is 10.8. The Morgan fingerprint density at radius 2 is 1.69 bits per heavy atom. The molecule has 0 heterocycles. The molecular formula is C20H24Cl2N2O2. The highest BCUT2D eigenvalue weighted by atomic mass is 35.5. The van der Waals surface area contributed by atoms with Crippen LogP contribution in [0.25, 0.3) is 0 Å². The molecule has 26 heavy (non-hydrogen) atoms. The predicted octanol–water partition coefficient (Wildman–Crippen LogP) is 5.16. The van der Waals surface area contributed by atoms with Gasteiger partial charge in [0.2, 0.25) is 0 Å². The first kappa shape index (κ1) is 20.6. The van der Waals surface area contributed by atoms with Gasteiger partial charge in [-0.1, -0.05) is 61.3 Å². The van der Waals surface area contributed by atoms with E-state index in [1.807, 2.05) is 24.3 Å². The van der Waals surface area contributed by atoms with Crippen molar-refractivity contribution in [3.8, 4) is 0 Å². The Morgan fingerprint density at radius 1 is 1.04 bits per heavy atom. The highest BCUT2D eigenvalue weighted by molar-refractivity contribution is 6.39. The summed E-state index contributed by atoms with van der Waals surface area (Å²) in [7, 11) is 0. The number of carbonyl (C=O) groups excluding carboxylic acids is 1. The number of carbonyl (C=O) groups is 1. The summed E-state index contributed by atoms with van der Waals surface area (Å²) in [6.07, 6.45) is 0.184. The molecule has 0 amide bonds. The average Bonchev–Trinajstić information content (AvgIpc) is 2.63. The van der Waals surface area contributed by atoms with E-state index in [-0.39, 0.29) is 12.4 Å². The van der Waals surface area contributed by atoms with Gasteiger partial charge in [0.1, 0.15) is 6.61 Å². The van der Waals surface area contributed by atoms with E-state index in [4.69, 9.17) is 27.9 Å². The predicted molar refractivity (Wildman–Crippen MR) is 109 cm³/mol. The van der Waals surface area contributed by atoms with E-state index in [0.717, 1.165) is 30.9 Å². The fraction of sp³-hybridized carbons (Fsp3) is 0.350. The van der Waals surface area contributed by atoms with Crippen LogP contribution in [-0.2, 0) is 16.0 Å². The third-order valence-electron chi connectivity index (χ3n) is 4.14. The molecular weight excluding hydrogens is 371 g/mol. The molecule has 2 aromatic carbocycles. The number of hydrogen-bond donors (Lipinski definition) is 1. The minimum atomic E-state index is -0.253. The first-order valence-electron chi connectivity index (χ1n) is 8.72. The van der Waals surface area contributed by atoms with Crippen LogP contribution < -0.4 is 5.32 Å². The molecule has 6 heteroatoms. The number of anilines is 2. The van der Waals surface area contributed by atoms with Gasteiger partial charge in [0, 0.05) is 12.2 Å². The molecule has 0 aromatic heterocycles. The van der Waals surface area contributed by atoms with Gasteiger partial charge in [0.15, 0.2) is 0 Å². The van der Waals surface area contributed by atoms with Crippen molar-refractivity contribution < 1.29 is 9.53 Å². The number of likely N-dealkylation sites (N-methyl/N-ethyl adjacent to an activating group) is 1. The Bertz CT molecular complexity index is 713. The molecule has 140 valence electrons. The zero-order valence-corrected chi connectivity index (χ0v) is 16.6. The molecule has 0 saturated carbocycles. The second kappa shape index (κ2) is 10.4. The van der Waals surface area contributed by atoms with Crippen LogP contribution in [-0.4, -0.2) is 37.1 Å². The van der Waals surface area contributed by atoms with Crippen molar-refractivity contribution in [2.75, 3.05) is 31.6 Å². The number of ether oxygens (including phenoxy) is 1. The van der Waals surface area contributed by atoms with Crippen molar-refractivity contribution in [3.63, 3.8) is 0 Å². The van der Waals surface area contributed by atoms with Gasteiger partial charge in [-0.3, -0.25) is 4.79 Å². The molecule has 2 aromatic rings. The molecule has 1 N–H and O–H groups in total. The summed E-state index contributed by atoms with van der Waals surface area (Å²) in [5, 5.41) is 4.27. The van der Waals surface area contributed by atoms with E-state index in [9.17, 15) is 4.79 Å². The zero-order chi connectivity index (χ0) is 18.9. The second-order valence-corrected chi connectivity index (χ2v) is 6.62. The van der Waals surface area contributed by atoms with Crippen LogP contribution in [0.15, 0.2) is 42.5 Å². The highest BCUT2D eigenvalue weighted by Crippen LogP contribution is 2.33. The molecule has 0 aliphatic rings. The third kappa shape index (κ3) is 5.90. The van der Waals surface area contributed by atoms with Crippen molar-refractivity contribution >= 4 is 40.5 Å². The van der Waals surface area contributed by atoms with Crippen LogP contribution in [0, 0.1) is 0 Å². The first-order chi connectivity index (χ1) is 12.5. The Labute approximate surface area is 165 Å². The monoisotopic (exact) mass is 394 g/mol. The van der Waals surface area contributed by atoms with Gasteiger partial charge < -0.3 is 15.0 Å². The van der Waals surface area contributed by atoms with Crippen LogP contribution >= 0.6 is 23.2 Å². The molecule has 4 nitrogen and oxygen atoms in total. The quantitative estimate of drug-likeness (QED) is 0.596. The number of para-hydroxylation sites is 2. The van der Waals surface area contributed by atoms with Gasteiger partial charge in [0.05, 0.1) is 22.2 Å². The summed E-state index contributed by atoms with van der Waals surface area (Å²) >= 11 is 12.4. The minimum absolute atomic E-state index is 0.184. The molecule has 0 spiro atoms. The van der Waals surface area contributed by atoms with E-state index in [1.165, 1.54) is 0 Å². The van der Waals surface area contributed by atoms with Crippen LogP contribution in [0.2, 0.25) is 10.0 Å². The lowest BCUT2D eigenvalue weighted by Crippen LogP contribution is -2.28. The van der Waals surface area contributed by atoms with Crippen molar-refractivity contribution in [1.29, 1.82) is 0 Å². The lowest BCUT2D eigenvalue weighted by molar-refractivity contribution is -0.143. The van der Waals surface area contributed by atoms with Gasteiger partial charge in [-0.2, -0.15) is 0 Å². The van der Waals surface area contributed by atoms with E-state index >= 15 is 0 Å². The third-order valence-corrected chi connectivity index (χ3v) is 4.77. The lowest BCUT2D eigenvalue weighted by atomic mass is 10.1. The van der Waals surface area contributed by atoms with Crippen molar-refractivity contribution in [2.45, 2.75) is 20.3 Å². The Balaban J connectivity index is 2.01. The Hall–Kier alpha value is -1.75. The minimum Gasteiger partial charge on any atom is -0.464 e. The van der Waals surface area contributed by atoms with Crippen molar-refractivity contribution in [2.24, 2.45) is 0 Å². The van der Waals surface area contributed by atoms with Gasteiger partial charge in [-0.15, -0.1) is 0 Å². The van der Waals surface area contributed by atoms with Gasteiger partial charge in [-0.25, -0.2) is 0 Å². The summed E-state index contributed by atoms with van der Waals surface area (Å²) in [6, 6.07) is 12.9. The number of benzene rings is 2. The zero-order valence-electron chi connectivity index (χ0n) is 15.1. The van der Waals surface area contributed by atoms with E-state index in [0.29, 0.717) is 22.3 Å². The van der Waals surface area contributed by atoms with E-state index in [2.05, 4.69) is 24.1 Å². The standard InChI is InChI=1S/C20H24Cl2N2O2/c1-3-24(4-2)12-13-26-19(25)14-15-8-5-6-11-18(15)23-20-16(21)9-7-10-17(20)22/h5-11,23H,3-4,12-14H2,1-2H3. The van der Waals surface area contributed by atoms with E-state index in [1.54, 1.807) is 18.2 Å². The molecule has 0 aliphatic carbocycles. The smallest absolute Gasteiger partial charge is 0.310 e. The van der Waals surface area contributed by atoms with Crippen LogP contribution in [0.3, 0.4) is 0 Å². The topological polar surface area (TPSA) is 41.6 Å². The number of nitrogens with one attached hydrogen (secondary N) is 1. The number of nitrogens with zero attached hydrogens (tertiary/aromatic N) is 1. The summed E-state index contributed by atoms with van der Waals surface area (Å²) < 4.78 is 5.37. The van der Waals surface area contributed by atoms with Gasteiger partial charge in [0.25, 0.3) is 0 Å². The SMILES string of the molecule is CCN(CC)CCOC(=O)Cc1ccccc1Nc1c(Cl)cccc1Cl. The number of rotatable bonds is 9. The molecule has 0 atom stereocenters. The largest absolute Gasteiger partial charge is 0.464 e. The molecule has 0 saturated heterocycles. The van der Waals surface area contributed by atoms with Crippen LogP contribution in [0.1, 0.15) is 19.4 Å². The Morgan fingerprint density at radius 3 is 2.35 bits per heavy atom. The summed E-state index contributed by atoms with van der Waals surface area (Å²) in [4.78, 5) is 14.4. The fourth-order valence-electron chi connectivity index (χ4n) is 2.58. The van der Waals surface area contributed by atoms with E-state index < -0.39 is 0 Å². The molecule has 0 aliphatic heterocycles. The maximum absolute atomic E-state index is 12.2. The lowest BCUT2D eigenvalue weighted by Gasteiger charge is -2.18. The van der Waals surface area contributed by atoms with Gasteiger partial charge in [-0.05, 0) is 36.9 Å². The molecule has 0 unspecified atom stereocenters. The highest BCUT2D eigenvalue weighted by Gasteiger charge is 2.12. The van der Waals surface area contributed by atoms with Crippen LogP contribution in [0.5, 0.6) is 0 Å². The maximum atomic E-state index is 12.2. The number of esters is 1. The average molecular weight is 395 g/mol. The molecule has 0 fully saturated rings. The summed E-state index contributed by atoms with van der Waals surface area (Å²) in [5.74, 6) is -0.253.